The number of fused-ring (bicyclic) bond motifs is 1. The SMILES string of the molecule is O=C1c2ccccc2S(=O)(=O)CC1Br. The maximum Gasteiger partial charge on any atom is 0.180 e. The highest BCUT2D eigenvalue weighted by Gasteiger charge is 2.34. The van der Waals surface area contributed by atoms with Gasteiger partial charge in [0, 0.05) is 5.56 Å². The van der Waals surface area contributed by atoms with Crippen molar-refractivity contribution >= 4 is 31.6 Å². The lowest BCUT2D eigenvalue weighted by Crippen LogP contribution is -2.31. The van der Waals surface area contributed by atoms with Crippen molar-refractivity contribution in [2.75, 3.05) is 5.75 Å². The minimum atomic E-state index is -3.29. The van der Waals surface area contributed by atoms with Gasteiger partial charge in [0.25, 0.3) is 0 Å². The number of carbonyl (C=O) groups excluding carboxylic acids is 1. The topological polar surface area (TPSA) is 51.2 Å². The summed E-state index contributed by atoms with van der Waals surface area (Å²) in [4.78, 5) is 11.1. The minimum Gasteiger partial charge on any atom is -0.293 e. The van der Waals surface area contributed by atoms with E-state index in [4.69, 9.17) is 0 Å². The van der Waals surface area contributed by atoms with Gasteiger partial charge in [-0.05, 0) is 6.07 Å². The fraction of sp³-hybridized carbons (Fsp3) is 0.222. The van der Waals surface area contributed by atoms with Crippen molar-refractivity contribution < 1.29 is 13.2 Å². The fourth-order valence-electron chi connectivity index (χ4n) is 1.47. The van der Waals surface area contributed by atoms with E-state index in [1.54, 1.807) is 18.2 Å². The zero-order valence-corrected chi connectivity index (χ0v) is 9.51. The van der Waals surface area contributed by atoms with Crippen LogP contribution in [0.3, 0.4) is 0 Å². The Morgan fingerprint density at radius 3 is 2.64 bits per heavy atom. The first-order valence-electron chi connectivity index (χ1n) is 4.02. The summed E-state index contributed by atoms with van der Waals surface area (Å²) in [6.07, 6.45) is 0. The van der Waals surface area contributed by atoms with Crippen LogP contribution < -0.4 is 0 Å². The zero-order chi connectivity index (χ0) is 10.3. The second-order valence-electron chi connectivity index (χ2n) is 3.11. The molecule has 0 saturated carbocycles. The summed E-state index contributed by atoms with van der Waals surface area (Å²) in [6.45, 7) is 0. The van der Waals surface area contributed by atoms with Crippen LogP contribution in [0.4, 0.5) is 0 Å². The maximum absolute atomic E-state index is 11.6. The molecule has 0 saturated heterocycles. The molecule has 1 atom stereocenters. The van der Waals surface area contributed by atoms with E-state index in [0.717, 1.165) is 0 Å². The Morgan fingerprint density at radius 1 is 1.29 bits per heavy atom. The third-order valence-electron chi connectivity index (χ3n) is 2.14. The zero-order valence-electron chi connectivity index (χ0n) is 7.10. The number of hydrogen-bond acceptors (Lipinski definition) is 3. The van der Waals surface area contributed by atoms with E-state index in [0.29, 0.717) is 5.56 Å². The number of Topliss-reactive ketones (excluding diaryl/α,β-unsaturated/α-hetero) is 1. The van der Waals surface area contributed by atoms with Crippen LogP contribution in [0.1, 0.15) is 10.4 Å². The average Bonchev–Trinajstić information content (AvgIpc) is 2.14. The highest BCUT2D eigenvalue weighted by molar-refractivity contribution is 9.10. The van der Waals surface area contributed by atoms with Crippen molar-refractivity contribution in [3.63, 3.8) is 0 Å². The molecule has 0 aliphatic carbocycles. The fourth-order valence-corrected chi connectivity index (χ4v) is 4.26. The summed E-state index contributed by atoms with van der Waals surface area (Å²) in [5.41, 5.74) is 0.292. The van der Waals surface area contributed by atoms with Gasteiger partial charge in [-0.3, -0.25) is 4.79 Å². The smallest absolute Gasteiger partial charge is 0.180 e. The van der Waals surface area contributed by atoms with E-state index >= 15 is 0 Å². The van der Waals surface area contributed by atoms with Crippen molar-refractivity contribution in [2.45, 2.75) is 9.72 Å². The third kappa shape index (κ3) is 1.40. The average molecular weight is 275 g/mol. The Balaban J connectivity index is 2.74. The van der Waals surface area contributed by atoms with Gasteiger partial charge in [-0.1, -0.05) is 34.1 Å². The summed E-state index contributed by atoms with van der Waals surface area (Å²) in [5, 5.41) is 0. The van der Waals surface area contributed by atoms with Crippen LogP contribution in [-0.2, 0) is 9.84 Å². The van der Waals surface area contributed by atoms with Gasteiger partial charge in [-0.15, -0.1) is 0 Å². The summed E-state index contributed by atoms with van der Waals surface area (Å²) in [7, 11) is -3.29. The first kappa shape index (κ1) is 9.86. The molecule has 1 aliphatic rings. The second kappa shape index (κ2) is 3.17. The lowest BCUT2D eigenvalue weighted by atomic mass is 10.1. The van der Waals surface area contributed by atoms with Gasteiger partial charge in [0.05, 0.1) is 15.5 Å². The number of carbonyl (C=O) groups is 1. The first-order valence-corrected chi connectivity index (χ1v) is 6.59. The van der Waals surface area contributed by atoms with Crippen LogP contribution in [0.5, 0.6) is 0 Å². The number of ketones is 1. The van der Waals surface area contributed by atoms with E-state index in [1.165, 1.54) is 6.07 Å². The first-order chi connectivity index (χ1) is 6.52. The normalized spacial score (nSPS) is 24.4. The quantitative estimate of drug-likeness (QED) is 0.673. The number of alkyl halides is 1. The predicted octanol–water partition coefficient (Wildman–Crippen LogP) is 1.42. The Kier molecular flexibility index (Phi) is 2.23. The van der Waals surface area contributed by atoms with Crippen molar-refractivity contribution in [1.29, 1.82) is 0 Å². The second-order valence-corrected chi connectivity index (χ2v) is 6.22. The Hall–Kier alpha value is -0.680. The molecule has 1 heterocycles. The summed E-state index contributed by atoms with van der Waals surface area (Å²) >= 11 is 3.07. The lowest BCUT2D eigenvalue weighted by Gasteiger charge is -2.18. The molecule has 1 unspecified atom stereocenters. The molecule has 0 N–H and O–H groups in total. The molecular formula is C9H7BrO3S. The number of halogens is 1. The Morgan fingerprint density at radius 2 is 1.93 bits per heavy atom. The maximum atomic E-state index is 11.6. The highest BCUT2D eigenvalue weighted by atomic mass is 79.9. The molecule has 0 bridgehead atoms. The highest BCUT2D eigenvalue weighted by Crippen LogP contribution is 2.27. The molecule has 74 valence electrons. The van der Waals surface area contributed by atoms with Crippen LogP contribution in [0.2, 0.25) is 0 Å². The number of hydrogen-bond donors (Lipinski definition) is 0. The van der Waals surface area contributed by atoms with E-state index < -0.39 is 14.7 Å². The molecule has 14 heavy (non-hydrogen) atoms. The van der Waals surface area contributed by atoms with Crippen molar-refractivity contribution in [3.05, 3.63) is 29.8 Å². The molecule has 0 amide bonds. The van der Waals surface area contributed by atoms with Gasteiger partial charge in [0.2, 0.25) is 0 Å². The lowest BCUT2D eigenvalue weighted by molar-refractivity contribution is 0.0991. The minimum absolute atomic E-state index is 0.150. The van der Waals surface area contributed by atoms with Crippen LogP contribution in [0.15, 0.2) is 29.2 Å². The van der Waals surface area contributed by atoms with E-state index in [9.17, 15) is 13.2 Å². The molecule has 1 aliphatic heterocycles. The molecule has 1 aromatic rings. The van der Waals surface area contributed by atoms with E-state index in [-0.39, 0.29) is 16.4 Å². The van der Waals surface area contributed by atoms with E-state index in [2.05, 4.69) is 15.9 Å². The number of benzene rings is 1. The predicted molar refractivity (Wildman–Crippen MR) is 55.5 cm³/mol. The molecular weight excluding hydrogens is 268 g/mol. The molecule has 0 radical (unpaired) electrons. The number of rotatable bonds is 0. The third-order valence-corrected chi connectivity index (χ3v) is 5.10. The van der Waals surface area contributed by atoms with Crippen LogP contribution in [0.25, 0.3) is 0 Å². The summed E-state index contributed by atoms with van der Waals surface area (Å²) in [5.74, 6) is -0.307. The Bertz CT molecular complexity index is 493. The van der Waals surface area contributed by atoms with Gasteiger partial charge in [-0.25, -0.2) is 8.42 Å². The molecule has 0 aromatic heterocycles. The molecule has 2 rings (SSSR count). The number of sulfone groups is 1. The van der Waals surface area contributed by atoms with Crippen LogP contribution >= 0.6 is 15.9 Å². The van der Waals surface area contributed by atoms with Gasteiger partial charge in [-0.2, -0.15) is 0 Å². The molecule has 5 heteroatoms. The van der Waals surface area contributed by atoms with Gasteiger partial charge in [0.1, 0.15) is 0 Å². The van der Waals surface area contributed by atoms with Gasteiger partial charge >= 0.3 is 0 Å². The van der Waals surface area contributed by atoms with Crippen molar-refractivity contribution in [2.24, 2.45) is 0 Å². The van der Waals surface area contributed by atoms with Gasteiger partial charge < -0.3 is 0 Å². The van der Waals surface area contributed by atoms with Crippen LogP contribution in [-0.4, -0.2) is 24.8 Å². The van der Waals surface area contributed by atoms with Crippen molar-refractivity contribution in [3.8, 4) is 0 Å². The van der Waals surface area contributed by atoms with Crippen LogP contribution in [0, 0.1) is 0 Å². The molecule has 1 aromatic carbocycles. The summed E-state index contributed by atoms with van der Waals surface area (Å²) < 4.78 is 23.3. The van der Waals surface area contributed by atoms with Gasteiger partial charge in [0.15, 0.2) is 15.6 Å². The monoisotopic (exact) mass is 274 g/mol. The molecule has 0 fully saturated rings. The standard InChI is InChI=1S/C9H7BrO3S/c10-7-5-14(12,13)8-4-2-1-3-6(8)9(7)11/h1-4,7H,5H2. The largest absolute Gasteiger partial charge is 0.293 e. The van der Waals surface area contributed by atoms with Crippen molar-refractivity contribution in [1.82, 2.24) is 0 Å². The molecule has 0 spiro atoms. The molecule has 3 nitrogen and oxygen atoms in total. The Labute approximate surface area is 90.2 Å². The van der Waals surface area contributed by atoms with E-state index in [1.807, 2.05) is 0 Å². The summed E-state index contributed by atoms with van der Waals surface area (Å²) in [6, 6.07) is 6.31.